The standard InChI is InChI=1S/C19H27N5O/c1-15-5-3-6-18(21-15)16(2)22-19(25)23-12-7-17(8-13-23)9-14-24-11-4-10-20-24/h3-6,10-11,16-17H,7-9,12-14H2,1-2H3,(H,22,25). The van der Waals surface area contributed by atoms with Crippen molar-refractivity contribution in [3.05, 3.63) is 48.0 Å². The van der Waals surface area contributed by atoms with Crippen LogP contribution in [0.25, 0.3) is 0 Å². The van der Waals surface area contributed by atoms with Crippen molar-refractivity contribution in [2.75, 3.05) is 13.1 Å². The van der Waals surface area contributed by atoms with Gasteiger partial charge in [0.05, 0.1) is 11.7 Å². The van der Waals surface area contributed by atoms with E-state index in [1.807, 2.05) is 60.1 Å². The van der Waals surface area contributed by atoms with Gasteiger partial charge in [-0.1, -0.05) is 6.07 Å². The first-order chi connectivity index (χ1) is 12.1. The van der Waals surface area contributed by atoms with E-state index in [-0.39, 0.29) is 12.1 Å². The van der Waals surface area contributed by atoms with Crippen molar-refractivity contribution >= 4 is 6.03 Å². The molecule has 134 valence electrons. The molecule has 0 bridgehead atoms. The van der Waals surface area contributed by atoms with Crippen LogP contribution in [-0.2, 0) is 6.54 Å². The lowest BCUT2D eigenvalue weighted by Gasteiger charge is -2.32. The van der Waals surface area contributed by atoms with Crippen LogP contribution in [0.3, 0.4) is 0 Å². The molecule has 1 aliphatic rings. The maximum Gasteiger partial charge on any atom is 0.317 e. The smallest absolute Gasteiger partial charge is 0.317 e. The number of urea groups is 1. The maximum atomic E-state index is 12.5. The minimum Gasteiger partial charge on any atom is -0.330 e. The van der Waals surface area contributed by atoms with Crippen LogP contribution in [0, 0.1) is 12.8 Å². The van der Waals surface area contributed by atoms with Gasteiger partial charge in [-0.05, 0) is 57.2 Å². The lowest BCUT2D eigenvalue weighted by atomic mass is 9.94. The number of aromatic nitrogens is 3. The van der Waals surface area contributed by atoms with Gasteiger partial charge in [0.1, 0.15) is 0 Å². The third-order valence-electron chi connectivity index (χ3n) is 4.92. The summed E-state index contributed by atoms with van der Waals surface area (Å²) in [4.78, 5) is 18.9. The summed E-state index contributed by atoms with van der Waals surface area (Å²) >= 11 is 0. The van der Waals surface area contributed by atoms with Crippen molar-refractivity contribution in [1.82, 2.24) is 25.0 Å². The minimum absolute atomic E-state index is 0.0151. The van der Waals surface area contributed by atoms with Crippen LogP contribution in [0.5, 0.6) is 0 Å². The van der Waals surface area contributed by atoms with Crippen molar-refractivity contribution in [2.45, 2.75) is 45.7 Å². The number of aryl methyl sites for hydroxylation is 2. The number of nitrogens with one attached hydrogen (secondary N) is 1. The Bertz CT molecular complexity index is 677. The molecule has 1 atom stereocenters. The molecule has 1 saturated heterocycles. The second kappa shape index (κ2) is 8.14. The summed E-state index contributed by atoms with van der Waals surface area (Å²) in [6, 6.07) is 7.79. The Hall–Kier alpha value is -2.37. The van der Waals surface area contributed by atoms with Gasteiger partial charge in [0, 0.05) is 37.7 Å². The number of pyridine rings is 1. The van der Waals surface area contributed by atoms with Gasteiger partial charge in [-0.25, -0.2) is 4.79 Å². The average molecular weight is 341 g/mol. The zero-order chi connectivity index (χ0) is 17.6. The Morgan fingerprint density at radius 1 is 1.32 bits per heavy atom. The molecule has 6 nitrogen and oxygen atoms in total. The van der Waals surface area contributed by atoms with Gasteiger partial charge in [0.25, 0.3) is 0 Å². The molecular weight excluding hydrogens is 314 g/mol. The second-order valence-electron chi connectivity index (χ2n) is 6.86. The number of carbonyl (C=O) groups excluding carboxylic acids is 1. The Morgan fingerprint density at radius 3 is 2.80 bits per heavy atom. The third kappa shape index (κ3) is 4.81. The third-order valence-corrected chi connectivity index (χ3v) is 4.92. The molecule has 3 heterocycles. The minimum atomic E-state index is -0.0788. The maximum absolute atomic E-state index is 12.5. The molecule has 1 fully saturated rings. The van der Waals surface area contributed by atoms with Gasteiger partial charge in [-0.2, -0.15) is 5.10 Å². The van der Waals surface area contributed by atoms with E-state index in [0.29, 0.717) is 5.92 Å². The van der Waals surface area contributed by atoms with Crippen LogP contribution in [0.2, 0.25) is 0 Å². The highest BCUT2D eigenvalue weighted by Crippen LogP contribution is 2.21. The molecule has 0 spiro atoms. The van der Waals surface area contributed by atoms with Crippen LogP contribution in [0.15, 0.2) is 36.7 Å². The SMILES string of the molecule is Cc1cccc(C(C)NC(=O)N2CCC(CCn3cccn3)CC2)n1. The average Bonchev–Trinajstić information content (AvgIpc) is 3.14. The van der Waals surface area contributed by atoms with Gasteiger partial charge in [0.15, 0.2) is 0 Å². The van der Waals surface area contributed by atoms with Gasteiger partial charge in [-0.3, -0.25) is 9.67 Å². The molecule has 2 aromatic rings. The first kappa shape index (κ1) is 17.5. The van der Waals surface area contributed by atoms with Gasteiger partial charge in [0.2, 0.25) is 0 Å². The summed E-state index contributed by atoms with van der Waals surface area (Å²) in [6.07, 6.45) is 7.07. The summed E-state index contributed by atoms with van der Waals surface area (Å²) in [5.74, 6) is 0.670. The van der Waals surface area contributed by atoms with E-state index in [9.17, 15) is 4.79 Å². The molecule has 3 rings (SSSR count). The Morgan fingerprint density at radius 2 is 2.12 bits per heavy atom. The second-order valence-corrected chi connectivity index (χ2v) is 6.86. The topological polar surface area (TPSA) is 63.1 Å². The monoisotopic (exact) mass is 341 g/mol. The Balaban J connectivity index is 1.43. The van der Waals surface area contributed by atoms with Crippen molar-refractivity contribution < 1.29 is 4.79 Å². The van der Waals surface area contributed by atoms with E-state index in [1.165, 1.54) is 0 Å². The molecule has 0 aliphatic carbocycles. The van der Waals surface area contributed by atoms with Crippen molar-refractivity contribution in [3.8, 4) is 0 Å². The van der Waals surface area contributed by atoms with Crippen molar-refractivity contribution in [3.63, 3.8) is 0 Å². The van der Waals surface area contributed by atoms with Crippen LogP contribution >= 0.6 is 0 Å². The first-order valence-corrected chi connectivity index (χ1v) is 9.08. The summed E-state index contributed by atoms with van der Waals surface area (Å²) in [6.45, 7) is 6.55. The lowest BCUT2D eigenvalue weighted by Crippen LogP contribution is -2.45. The molecule has 1 unspecified atom stereocenters. The molecule has 1 aliphatic heterocycles. The van der Waals surface area contributed by atoms with Gasteiger partial charge in [-0.15, -0.1) is 0 Å². The highest BCUT2D eigenvalue weighted by molar-refractivity contribution is 5.74. The largest absolute Gasteiger partial charge is 0.330 e. The number of nitrogens with zero attached hydrogens (tertiary/aromatic N) is 4. The summed E-state index contributed by atoms with van der Waals surface area (Å²) in [5, 5.41) is 7.32. The first-order valence-electron chi connectivity index (χ1n) is 9.08. The number of rotatable bonds is 5. The molecule has 2 amide bonds. The van der Waals surface area contributed by atoms with Crippen LogP contribution in [-0.4, -0.2) is 38.8 Å². The number of hydrogen-bond acceptors (Lipinski definition) is 3. The quantitative estimate of drug-likeness (QED) is 0.908. The van der Waals surface area contributed by atoms with E-state index in [4.69, 9.17) is 0 Å². The van der Waals surface area contributed by atoms with Crippen molar-refractivity contribution in [2.24, 2.45) is 5.92 Å². The van der Waals surface area contributed by atoms with Crippen LogP contribution in [0.4, 0.5) is 4.79 Å². The fraction of sp³-hybridized carbons (Fsp3) is 0.526. The highest BCUT2D eigenvalue weighted by Gasteiger charge is 2.24. The zero-order valence-electron chi connectivity index (χ0n) is 15.1. The van der Waals surface area contributed by atoms with Gasteiger partial charge >= 0.3 is 6.03 Å². The summed E-state index contributed by atoms with van der Waals surface area (Å²) in [7, 11) is 0. The highest BCUT2D eigenvalue weighted by atomic mass is 16.2. The predicted molar refractivity (Wildman–Crippen MR) is 97.1 cm³/mol. The van der Waals surface area contributed by atoms with E-state index in [2.05, 4.69) is 15.4 Å². The molecule has 0 aromatic carbocycles. The van der Waals surface area contributed by atoms with E-state index in [0.717, 1.165) is 50.3 Å². The van der Waals surface area contributed by atoms with Crippen LogP contribution < -0.4 is 5.32 Å². The van der Waals surface area contributed by atoms with Crippen LogP contribution in [0.1, 0.15) is 43.6 Å². The van der Waals surface area contributed by atoms with E-state index in [1.54, 1.807) is 0 Å². The Labute approximate surface area is 149 Å². The number of carbonyl (C=O) groups is 1. The van der Waals surface area contributed by atoms with E-state index < -0.39 is 0 Å². The number of amides is 2. The normalized spacial score (nSPS) is 16.6. The summed E-state index contributed by atoms with van der Waals surface area (Å²) in [5.41, 5.74) is 1.87. The lowest BCUT2D eigenvalue weighted by molar-refractivity contribution is 0.163. The molecule has 25 heavy (non-hydrogen) atoms. The number of piperidine rings is 1. The molecule has 0 radical (unpaired) electrons. The zero-order valence-corrected chi connectivity index (χ0v) is 15.1. The molecule has 1 N–H and O–H groups in total. The molecular formula is C19H27N5O. The molecule has 6 heteroatoms. The van der Waals surface area contributed by atoms with Gasteiger partial charge < -0.3 is 10.2 Å². The molecule has 0 saturated carbocycles. The predicted octanol–water partition coefficient (Wildman–Crippen LogP) is 3.16. The van der Waals surface area contributed by atoms with E-state index >= 15 is 0 Å². The number of hydrogen-bond donors (Lipinski definition) is 1. The fourth-order valence-corrected chi connectivity index (χ4v) is 3.33. The van der Waals surface area contributed by atoms with Crippen molar-refractivity contribution in [1.29, 1.82) is 0 Å². The molecule has 2 aromatic heterocycles. The number of likely N-dealkylation sites (tertiary alicyclic amines) is 1. The Kier molecular flexibility index (Phi) is 5.68. The summed E-state index contributed by atoms with van der Waals surface area (Å²) < 4.78 is 1.98. The fourth-order valence-electron chi connectivity index (χ4n) is 3.33.